The van der Waals surface area contributed by atoms with Crippen LogP contribution in [0.1, 0.15) is 38.2 Å². The summed E-state index contributed by atoms with van der Waals surface area (Å²) in [6.45, 7) is 8.39. The molecule has 0 atom stereocenters. The average Bonchev–Trinajstić information content (AvgIpc) is 3.26. The molecule has 27 heavy (non-hydrogen) atoms. The van der Waals surface area contributed by atoms with Crippen LogP contribution in [0, 0.1) is 6.92 Å². The van der Waals surface area contributed by atoms with Crippen molar-refractivity contribution in [3.8, 4) is 22.8 Å². The normalized spacial score (nSPS) is 11.6. The van der Waals surface area contributed by atoms with Gasteiger partial charge < -0.3 is 9.67 Å². The Morgan fingerprint density at radius 3 is 2.63 bits per heavy atom. The number of fused-ring (bicyclic) bond motifs is 1. The number of aryl methyl sites for hydroxylation is 2. The number of hydrogen-bond donors (Lipinski definition) is 1. The van der Waals surface area contributed by atoms with Gasteiger partial charge in [0.25, 0.3) is 0 Å². The fraction of sp³-hybridized carbons (Fsp3) is 0.273. The Hall–Kier alpha value is -3.08. The topological polar surface area (TPSA) is 55.9 Å². The fourth-order valence-electron chi connectivity index (χ4n) is 3.62. The molecule has 0 aliphatic carbocycles. The summed E-state index contributed by atoms with van der Waals surface area (Å²) in [6, 6.07) is 14.5. The second kappa shape index (κ2) is 6.58. The molecule has 0 aliphatic heterocycles. The van der Waals surface area contributed by atoms with E-state index in [-0.39, 0.29) is 5.75 Å². The predicted molar refractivity (Wildman–Crippen MR) is 108 cm³/mol. The van der Waals surface area contributed by atoms with Crippen molar-refractivity contribution in [2.75, 3.05) is 0 Å². The third-order valence-corrected chi connectivity index (χ3v) is 5.07. The number of aromatic hydroxyl groups is 1. The zero-order valence-corrected chi connectivity index (χ0v) is 16.1. The van der Waals surface area contributed by atoms with E-state index in [0.29, 0.717) is 17.4 Å². The second-order valence-corrected chi connectivity index (χ2v) is 7.14. The molecule has 0 fully saturated rings. The highest BCUT2D eigenvalue weighted by molar-refractivity contribution is 5.89. The van der Waals surface area contributed by atoms with Gasteiger partial charge in [-0.15, -0.1) is 10.2 Å². The standard InChI is InChI=1S/C22H24N4O/c1-5-16-9-10-21(27)18(13-16)22-24-23-15(4)26(22)20-8-6-7-19-17(20)11-12-25(19)14(2)3/h6-14,27H,5H2,1-4H3. The lowest BCUT2D eigenvalue weighted by Crippen LogP contribution is -2.02. The molecule has 1 N–H and O–H groups in total. The number of nitrogens with zero attached hydrogens (tertiary/aromatic N) is 4. The first-order valence-corrected chi connectivity index (χ1v) is 9.35. The van der Waals surface area contributed by atoms with Crippen LogP contribution in [0.5, 0.6) is 5.75 Å². The van der Waals surface area contributed by atoms with Crippen molar-refractivity contribution >= 4 is 10.9 Å². The molecule has 2 heterocycles. The molecule has 0 bridgehead atoms. The maximum atomic E-state index is 10.5. The van der Waals surface area contributed by atoms with E-state index in [1.807, 2.05) is 23.6 Å². The molecule has 2 aromatic carbocycles. The van der Waals surface area contributed by atoms with E-state index in [4.69, 9.17) is 0 Å². The van der Waals surface area contributed by atoms with Gasteiger partial charge in [0.15, 0.2) is 5.82 Å². The van der Waals surface area contributed by atoms with Crippen molar-refractivity contribution in [2.24, 2.45) is 0 Å². The molecule has 0 unspecified atom stereocenters. The van der Waals surface area contributed by atoms with E-state index in [2.05, 4.69) is 66.0 Å². The van der Waals surface area contributed by atoms with Crippen molar-refractivity contribution in [1.82, 2.24) is 19.3 Å². The number of phenolic OH excluding ortho intramolecular Hbond substituents is 1. The van der Waals surface area contributed by atoms with Gasteiger partial charge in [-0.1, -0.05) is 19.1 Å². The quantitative estimate of drug-likeness (QED) is 0.554. The molecule has 0 saturated carbocycles. The fourth-order valence-corrected chi connectivity index (χ4v) is 3.62. The minimum atomic E-state index is 0.216. The lowest BCUT2D eigenvalue weighted by Gasteiger charge is -2.14. The Labute approximate surface area is 158 Å². The molecule has 5 heteroatoms. The van der Waals surface area contributed by atoms with E-state index in [9.17, 15) is 5.11 Å². The zero-order chi connectivity index (χ0) is 19.1. The van der Waals surface area contributed by atoms with Crippen LogP contribution in [0.4, 0.5) is 0 Å². The van der Waals surface area contributed by atoms with Gasteiger partial charge in [-0.05, 0) is 63.1 Å². The van der Waals surface area contributed by atoms with Gasteiger partial charge in [-0.3, -0.25) is 4.57 Å². The SMILES string of the molecule is CCc1ccc(O)c(-c2nnc(C)n2-c2cccc3c2ccn3C(C)C)c1. The van der Waals surface area contributed by atoms with Crippen LogP contribution < -0.4 is 0 Å². The van der Waals surface area contributed by atoms with E-state index >= 15 is 0 Å². The predicted octanol–water partition coefficient (Wildman–Crippen LogP) is 5.05. The summed E-state index contributed by atoms with van der Waals surface area (Å²) in [5, 5.41) is 20.3. The summed E-state index contributed by atoms with van der Waals surface area (Å²) in [7, 11) is 0. The van der Waals surface area contributed by atoms with Crippen LogP contribution in [0.3, 0.4) is 0 Å². The second-order valence-electron chi connectivity index (χ2n) is 7.14. The molecule has 0 saturated heterocycles. The van der Waals surface area contributed by atoms with Crippen LogP contribution in [0.15, 0.2) is 48.7 Å². The van der Waals surface area contributed by atoms with E-state index < -0.39 is 0 Å². The highest BCUT2D eigenvalue weighted by atomic mass is 16.3. The molecule has 4 aromatic rings. The van der Waals surface area contributed by atoms with Gasteiger partial charge >= 0.3 is 0 Å². The highest BCUT2D eigenvalue weighted by Crippen LogP contribution is 2.34. The Kier molecular flexibility index (Phi) is 4.22. The molecule has 0 spiro atoms. The summed E-state index contributed by atoms with van der Waals surface area (Å²) in [5.41, 5.74) is 4.05. The third kappa shape index (κ3) is 2.79. The summed E-state index contributed by atoms with van der Waals surface area (Å²) in [4.78, 5) is 0. The monoisotopic (exact) mass is 360 g/mol. The molecule has 0 amide bonds. The first kappa shape index (κ1) is 17.3. The van der Waals surface area contributed by atoms with Crippen molar-refractivity contribution < 1.29 is 5.11 Å². The van der Waals surface area contributed by atoms with Crippen molar-refractivity contribution in [1.29, 1.82) is 0 Å². The number of rotatable bonds is 4. The van der Waals surface area contributed by atoms with Gasteiger partial charge in [-0.2, -0.15) is 0 Å². The Bertz CT molecular complexity index is 1120. The van der Waals surface area contributed by atoms with Crippen LogP contribution in [0.25, 0.3) is 28.0 Å². The van der Waals surface area contributed by atoms with Gasteiger partial charge in [0.2, 0.25) is 0 Å². The maximum Gasteiger partial charge on any atom is 0.172 e. The minimum absolute atomic E-state index is 0.216. The van der Waals surface area contributed by atoms with Crippen molar-refractivity contribution in [2.45, 2.75) is 40.2 Å². The minimum Gasteiger partial charge on any atom is -0.507 e. The molecule has 2 aromatic heterocycles. The Morgan fingerprint density at radius 2 is 1.89 bits per heavy atom. The van der Waals surface area contributed by atoms with Gasteiger partial charge in [-0.25, -0.2) is 0 Å². The van der Waals surface area contributed by atoms with Gasteiger partial charge in [0, 0.05) is 17.6 Å². The zero-order valence-electron chi connectivity index (χ0n) is 16.1. The van der Waals surface area contributed by atoms with Gasteiger partial charge in [0.05, 0.1) is 16.8 Å². The van der Waals surface area contributed by atoms with Crippen molar-refractivity contribution in [3.63, 3.8) is 0 Å². The number of hydrogen-bond acceptors (Lipinski definition) is 3. The largest absolute Gasteiger partial charge is 0.507 e. The first-order valence-electron chi connectivity index (χ1n) is 9.35. The van der Waals surface area contributed by atoms with Crippen LogP contribution in [-0.2, 0) is 6.42 Å². The van der Waals surface area contributed by atoms with E-state index in [1.54, 1.807) is 6.07 Å². The highest BCUT2D eigenvalue weighted by Gasteiger charge is 2.19. The molecular formula is C22H24N4O. The summed E-state index contributed by atoms with van der Waals surface area (Å²) in [5.74, 6) is 1.66. The van der Waals surface area contributed by atoms with Gasteiger partial charge in [0.1, 0.15) is 11.6 Å². The summed E-state index contributed by atoms with van der Waals surface area (Å²) < 4.78 is 4.29. The summed E-state index contributed by atoms with van der Waals surface area (Å²) in [6.07, 6.45) is 3.01. The third-order valence-electron chi connectivity index (χ3n) is 5.07. The van der Waals surface area contributed by atoms with Crippen LogP contribution in [0.2, 0.25) is 0 Å². The lowest BCUT2D eigenvalue weighted by atomic mass is 10.1. The molecule has 5 nitrogen and oxygen atoms in total. The summed E-state index contributed by atoms with van der Waals surface area (Å²) >= 11 is 0. The number of benzene rings is 2. The Balaban J connectivity index is 1.98. The number of phenols is 1. The average molecular weight is 360 g/mol. The van der Waals surface area contributed by atoms with Crippen LogP contribution in [-0.4, -0.2) is 24.4 Å². The first-order chi connectivity index (χ1) is 13.0. The Morgan fingerprint density at radius 1 is 1.07 bits per heavy atom. The lowest BCUT2D eigenvalue weighted by molar-refractivity contribution is 0.476. The molecule has 138 valence electrons. The molecular weight excluding hydrogens is 336 g/mol. The number of aromatic nitrogens is 4. The maximum absolute atomic E-state index is 10.5. The van der Waals surface area contributed by atoms with E-state index in [0.717, 1.165) is 28.9 Å². The smallest absolute Gasteiger partial charge is 0.172 e. The van der Waals surface area contributed by atoms with Crippen LogP contribution >= 0.6 is 0 Å². The molecule has 0 aliphatic rings. The van der Waals surface area contributed by atoms with Crippen molar-refractivity contribution in [3.05, 3.63) is 60.0 Å². The molecule has 4 rings (SSSR count). The van der Waals surface area contributed by atoms with E-state index in [1.165, 1.54) is 5.52 Å². The molecule has 0 radical (unpaired) electrons.